The van der Waals surface area contributed by atoms with Crippen molar-refractivity contribution in [1.29, 1.82) is 0 Å². The highest BCUT2D eigenvalue weighted by Crippen LogP contribution is 2.16. The van der Waals surface area contributed by atoms with Gasteiger partial charge in [-0.1, -0.05) is 0 Å². The van der Waals surface area contributed by atoms with Crippen molar-refractivity contribution >= 4 is 22.6 Å². The third kappa shape index (κ3) is 4.06. The van der Waals surface area contributed by atoms with Gasteiger partial charge in [-0.3, -0.25) is 4.21 Å². The molecule has 100 valence electrons. The molecule has 0 aliphatic rings. The van der Waals surface area contributed by atoms with Gasteiger partial charge in [0.2, 0.25) is 0 Å². The lowest BCUT2D eigenvalue weighted by Crippen LogP contribution is -2.20. The van der Waals surface area contributed by atoms with Crippen molar-refractivity contribution in [2.45, 2.75) is 19.4 Å². The van der Waals surface area contributed by atoms with Crippen molar-refractivity contribution in [2.24, 2.45) is 0 Å². The monoisotopic (exact) mass is 274 g/mol. The smallest absolute Gasteiger partial charge is 0.338 e. The van der Waals surface area contributed by atoms with Crippen LogP contribution in [0.2, 0.25) is 0 Å². The van der Waals surface area contributed by atoms with E-state index in [0.29, 0.717) is 12.2 Å². The van der Waals surface area contributed by atoms with E-state index in [2.05, 4.69) is 10.3 Å². The molecule has 0 amide bonds. The maximum Gasteiger partial charge on any atom is 0.338 e. The first kappa shape index (κ1) is 14.6. The predicted octanol–water partition coefficient (Wildman–Crippen LogP) is 1.49. The molecule has 0 fully saturated rings. The van der Waals surface area contributed by atoms with Gasteiger partial charge in [-0.2, -0.15) is 0 Å². The summed E-state index contributed by atoms with van der Waals surface area (Å²) in [6.45, 7) is 1.79. The number of carbonyl (C=O) groups is 1. The van der Waals surface area contributed by atoms with Crippen molar-refractivity contribution in [3.8, 4) is 0 Å². The zero-order valence-electron chi connectivity index (χ0n) is 10.1. The molecule has 5 nitrogen and oxygen atoms in total. The number of nitrogens with one attached hydrogen (secondary N) is 1. The van der Waals surface area contributed by atoms with Crippen LogP contribution in [-0.2, 0) is 10.8 Å². The molecule has 2 N–H and O–H groups in total. The Balaban J connectivity index is 2.75. The Hall–Kier alpha value is -1.50. The normalized spacial score (nSPS) is 13.9. The van der Waals surface area contributed by atoms with Crippen LogP contribution in [0, 0.1) is 5.82 Å². The number of carboxylic acid groups (broad SMARTS) is 1. The molecule has 0 aliphatic carbocycles. The number of halogens is 1. The summed E-state index contributed by atoms with van der Waals surface area (Å²) in [5, 5.41) is 11.5. The van der Waals surface area contributed by atoms with Crippen molar-refractivity contribution < 1.29 is 18.5 Å². The van der Waals surface area contributed by atoms with E-state index in [9.17, 15) is 13.4 Å². The lowest BCUT2D eigenvalue weighted by molar-refractivity contribution is 0.0692. The molecule has 0 aromatic carbocycles. The van der Waals surface area contributed by atoms with E-state index in [1.54, 1.807) is 13.2 Å². The molecule has 2 unspecified atom stereocenters. The van der Waals surface area contributed by atoms with Crippen LogP contribution in [0.1, 0.15) is 23.7 Å². The Morgan fingerprint density at radius 3 is 2.89 bits per heavy atom. The first-order chi connectivity index (χ1) is 8.41. The van der Waals surface area contributed by atoms with E-state index in [4.69, 9.17) is 5.11 Å². The summed E-state index contributed by atoms with van der Waals surface area (Å²) in [6, 6.07) is 0.967. The van der Waals surface area contributed by atoms with Crippen LogP contribution < -0.4 is 5.32 Å². The number of aromatic carboxylic acids is 1. The summed E-state index contributed by atoms with van der Waals surface area (Å²) >= 11 is 0. The topological polar surface area (TPSA) is 79.3 Å². The third-order valence-corrected chi connectivity index (χ3v) is 3.15. The molecule has 0 aliphatic heterocycles. The molecular weight excluding hydrogens is 259 g/mol. The number of rotatable bonds is 6. The molecule has 0 saturated carbocycles. The summed E-state index contributed by atoms with van der Waals surface area (Å²) in [5.74, 6) is -1.81. The molecule has 1 heterocycles. The summed E-state index contributed by atoms with van der Waals surface area (Å²) in [4.78, 5) is 14.5. The van der Waals surface area contributed by atoms with Crippen molar-refractivity contribution in [3.05, 3.63) is 23.6 Å². The van der Waals surface area contributed by atoms with E-state index < -0.39 is 28.1 Å². The molecule has 1 aromatic heterocycles. The van der Waals surface area contributed by atoms with Crippen LogP contribution in [0.5, 0.6) is 0 Å². The third-order valence-electron chi connectivity index (χ3n) is 2.34. The largest absolute Gasteiger partial charge is 0.478 e. The number of hydrogen-bond acceptors (Lipinski definition) is 4. The summed E-state index contributed by atoms with van der Waals surface area (Å²) in [6.07, 6.45) is 3.41. The highest BCUT2D eigenvalue weighted by atomic mass is 32.2. The lowest BCUT2D eigenvalue weighted by atomic mass is 10.2. The molecule has 0 radical (unpaired) electrons. The van der Waals surface area contributed by atoms with Gasteiger partial charge in [0.15, 0.2) is 11.6 Å². The van der Waals surface area contributed by atoms with Gasteiger partial charge in [0.05, 0.1) is 0 Å². The average Bonchev–Trinajstić information content (AvgIpc) is 2.29. The van der Waals surface area contributed by atoms with Crippen LogP contribution in [-0.4, -0.2) is 38.3 Å². The van der Waals surface area contributed by atoms with Crippen LogP contribution in [0.15, 0.2) is 12.3 Å². The van der Waals surface area contributed by atoms with E-state index in [1.807, 2.05) is 0 Å². The van der Waals surface area contributed by atoms with E-state index in [1.165, 1.54) is 6.20 Å². The lowest BCUT2D eigenvalue weighted by Gasteiger charge is -2.14. The zero-order chi connectivity index (χ0) is 13.7. The zero-order valence-corrected chi connectivity index (χ0v) is 11.0. The second kappa shape index (κ2) is 6.44. The molecule has 1 aromatic rings. The minimum atomic E-state index is -1.33. The molecule has 0 spiro atoms. The summed E-state index contributed by atoms with van der Waals surface area (Å²) in [5.41, 5.74) is -0.418. The van der Waals surface area contributed by atoms with Gasteiger partial charge in [-0.15, -0.1) is 0 Å². The molecule has 18 heavy (non-hydrogen) atoms. The van der Waals surface area contributed by atoms with E-state index in [-0.39, 0.29) is 11.9 Å². The second-order valence-electron chi connectivity index (χ2n) is 3.94. The van der Waals surface area contributed by atoms with Crippen LogP contribution in [0.4, 0.5) is 10.2 Å². The Kier molecular flexibility index (Phi) is 5.21. The van der Waals surface area contributed by atoms with E-state index >= 15 is 0 Å². The first-order valence-corrected chi connectivity index (χ1v) is 7.09. The summed E-state index contributed by atoms with van der Waals surface area (Å²) < 4.78 is 24.6. The number of pyridine rings is 1. The quantitative estimate of drug-likeness (QED) is 0.821. The number of hydrogen-bond donors (Lipinski definition) is 2. The number of anilines is 1. The van der Waals surface area contributed by atoms with Gasteiger partial charge < -0.3 is 10.4 Å². The van der Waals surface area contributed by atoms with Crippen LogP contribution >= 0.6 is 0 Å². The summed E-state index contributed by atoms with van der Waals surface area (Å²) in [7, 11) is -0.909. The van der Waals surface area contributed by atoms with Crippen molar-refractivity contribution in [1.82, 2.24) is 4.98 Å². The van der Waals surface area contributed by atoms with Gasteiger partial charge in [-0.25, -0.2) is 14.2 Å². The van der Waals surface area contributed by atoms with Gasteiger partial charge >= 0.3 is 5.97 Å². The molecule has 0 bridgehead atoms. The van der Waals surface area contributed by atoms with Crippen LogP contribution in [0.3, 0.4) is 0 Å². The second-order valence-corrected chi connectivity index (χ2v) is 5.49. The van der Waals surface area contributed by atoms with Crippen LogP contribution in [0.25, 0.3) is 0 Å². The fraction of sp³-hybridized carbons (Fsp3) is 0.455. The highest BCUT2D eigenvalue weighted by Gasteiger charge is 2.16. The number of carboxylic acids is 1. The van der Waals surface area contributed by atoms with Gasteiger partial charge in [0, 0.05) is 35.0 Å². The minimum absolute atomic E-state index is 0.0933. The Morgan fingerprint density at radius 2 is 2.33 bits per heavy atom. The van der Waals surface area contributed by atoms with Gasteiger partial charge in [-0.05, 0) is 19.4 Å². The molecule has 7 heteroatoms. The number of nitrogens with zero attached hydrogens (tertiary/aromatic N) is 1. The Bertz CT molecular complexity index is 468. The van der Waals surface area contributed by atoms with E-state index in [0.717, 1.165) is 6.07 Å². The molecular formula is C11H15FN2O3S. The van der Waals surface area contributed by atoms with Gasteiger partial charge in [0.25, 0.3) is 0 Å². The maximum atomic E-state index is 13.7. The standard InChI is InChI=1S/C11H15FN2O3S/c1-7(4-6-18(2)17)14-10-9(12)8(11(15)16)3-5-13-10/h3,5,7H,4,6H2,1-2H3,(H,13,14)(H,15,16). The minimum Gasteiger partial charge on any atom is -0.478 e. The molecule has 2 atom stereocenters. The predicted molar refractivity (Wildman–Crippen MR) is 67.8 cm³/mol. The fourth-order valence-corrected chi connectivity index (χ4v) is 2.04. The fourth-order valence-electron chi connectivity index (χ4n) is 1.36. The molecule has 0 saturated heterocycles. The Labute approximate surface area is 107 Å². The van der Waals surface area contributed by atoms with Gasteiger partial charge in [0.1, 0.15) is 5.56 Å². The van der Waals surface area contributed by atoms with Crippen molar-refractivity contribution in [3.63, 3.8) is 0 Å². The highest BCUT2D eigenvalue weighted by molar-refractivity contribution is 7.84. The number of aromatic nitrogens is 1. The molecule has 1 rings (SSSR count). The Morgan fingerprint density at radius 1 is 1.67 bits per heavy atom. The maximum absolute atomic E-state index is 13.7. The average molecular weight is 274 g/mol. The SMILES string of the molecule is CC(CCS(C)=O)Nc1nccc(C(=O)O)c1F. The van der Waals surface area contributed by atoms with Crippen molar-refractivity contribution in [2.75, 3.05) is 17.3 Å². The first-order valence-electron chi connectivity index (χ1n) is 5.36.